The van der Waals surface area contributed by atoms with Crippen LogP contribution in [0.25, 0.3) is 10.9 Å². The molecule has 2 aromatic carbocycles. The van der Waals surface area contributed by atoms with E-state index in [0.717, 1.165) is 23.2 Å². The number of ether oxygens (including phenoxy) is 1. The molecule has 0 fully saturated rings. The number of carbonyl (C=O) groups is 2. The first-order chi connectivity index (χ1) is 14.1. The number of benzene rings is 2. The molecule has 29 heavy (non-hydrogen) atoms. The number of carbonyl (C=O) groups excluding carboxylic acids is 2. The van der Waals surface area contributed by atoms with E-state index in [-0.39, 0.29) is 30.8 Å². The van der Waals surface area contributed by atoms with Gasteiger partial charge in [0.05, 0.1) is 19.6 Å². The first-order valence-corrected chi connectivity index (χ1v) is 10.9. The Kier molecular flexibility index (Phi) is 5.62. The highest BCUT2D eigenvalue weighted by molar-refractivity contribution is 7.98. The van der Waals surface area contributed by atoms with Gasteiger partial charge >= 0.3 is 5.97 Å². The number of H-pyrrole nitrogens is 1. The molecule has 6 heteroatoms. The van der Waals surface area contributed by atoms with Gasteiger partial charge < -0.3 is 14.6 Å². The quantitative estimate of drug-likeness (QED) is 0.505. The van der Waals surface area contributed by atoms with E-state index < -0.39 is 0 Å². The highest BCUT2D eigenvalue weighted by Crippen LogP contribution is 2.39. The molecule has 4 rings (SSSR count). The Morgan fingerprint density at radius 3 is 2.62 bits per heavy atom. The molecule has 0 spiro atoms. The Morgan fingerprint density at radius 2 is 1.90 bits per heavy atom. The van der Waals surface area contributed by atoms with Crippen LogP contribution in [0.4, 0.5) is 0 Å². The van der Waals surface area contributed by atoms with Gasteiger partial charge in [-0.25, -0.2) is 0 Å². The number of hydrogen-bond acceptors (Lipinski definition) is 4. The number of aromatic amines is 1. The van der Waals surface area contributed by atoms with Crippen molar-refractivity contribution in [2.24, 2.45) is 0 Å². The number of fused-ring (bicyclic) bond motifs is 3. The van der Waals surface area contributed by atoms with Gasteiger partial charge in [-0.3, -0.25) is 9.59 Å². The maximum atomic E-state index is 13.1. The fourth-order valence-corrected chi connectivity index (χ4v) is 4.51. The Bertz CT molecular complexity index is 1040. The molecule has 5 nitrogen and oxygen atoms in total. The van der Waals surface area contributed by atoms with Crippen molar-refractivity contribution < 1.29 is 14.3 Å². The van der Waals surface area contributed by atoms with E-state index in [2.05, 4.69) is 41.4 Å². The summed E-state index contributed by atoms with van der Waals surface area (Å²) in [6.45, 7) is 0.629. The topological polar surface area (TPSA) is 62.4 Å². The van der Waals surface area contributed by atoms with Crippen LogP contribution in [0, 0.1) is 0 Å². The maximum Gasteiger partial charge on any atom is 0.306 e. The van der Waals surface area contributed by atoms with Gasteiger partial charge in [-0.1, -0.05) is 30.3 Å². The summed E-state index contributed by atoms with van der Waals surface area (Å²) < 4.78 is 4.70. The summed E-state index contributed by atoms with van der Waals surface area (Å²) in [5.74, 6) is -0.388. The molecule has 1 atom stereocenters. The average Bonchev–Trinajstić information content (AvgIpc) is 3.15. The Morgan fingerprint density at radius 1 is 1.14 bits per heavy atom. The van der Waals surface area contributed by atoms with E-state index in [1.807, 2.05) is 23.3 Å². The number of nitrogens with one attached hydrogen (secondary N) is 1. The van der Waals surface area contributed by atoms with Gasteiger partial charge in [-0.05, 0) is 42.0 Å². The van der Waals surface area contributed by atoms with Gasteiger partial charge in [0.2, 0.25) is 5.91 Å². The van der Waals surface area contributed by atoms with Crippen LogP contribution in [0.2, 0.25) is 0 Å². The van der Waals surface area contributed by atoms with Gasteiger partial charge in [0.15, 0.2) is 0 Å². The molecule has 1 aliphatic rings. The number of rotatable bonds is 5. The number of esters is 1. The van der Waals surface area contributed by atoms with E-state index in [1.54, 1.807) is 11.8 Å². The van der Waals surface area contributed by atoms with E-state index in [9.17, 15) is 9.59 Å². The Labute approximate surface area is 174 Å². The highest BCUT2D eigenvalue weighted by Gasteiger charge is 2.34. The molecule has 0 aliphatic carbocycles. The summed E-state index contributed by atoms with van der Waals surface area (Å²) in [7, 11) is 1.35. The molecule has 0 radical (unpaired) electrons. The number of methoxy groups -OCH3 is 1. The van der Waals surface area contributed by atoms with Gasteiger partial charge in [-0.2, -0.15) is 0 Å². The Hall–Kier alpha value is -2.73. The van der Waals surface area contributed by atoms with Crippen LogP contribution in [-0.4, -0.2) is 41.7 Å². The minimum atomic E-state index is -0.359. The summed E-state index contributed by atoms with van der Waals surface area (Å²) >= 11 is 1.69. The molecular formula is C23H24N2O3S. The van der Waals surface area contributed by atoms with Crippen molar-refractivity contribution >= 4 is 34.5 Å². The van der Waals surface area contributed by atoms with Gasteiger partial charge in [0.1, 0.15) is 0 Å². The largest absolute Gasteiger partial charge is 0.469 e. The van der Waals surface area contributed by atoms with E-state index >= 15 is 0 Å². The molecule has 1 N–H and O–H groups in total. The van der Waals surface area contributed by atoms with Crippen molar-refractivity contribution in [2.75, 3.05) is 19.9 Å². The van der Waals surface area contributed by atoms with E-state index in [0.29, 0.717) is 6.54 Å². The number of hydrogen-bond donors (Lipinski definition) is 1. The molecule has 0 bridgehead atoms. The van der Waals surface area contributed by atoms with E-state index in [1.165, 1.54) is 23.0 Å². The van der Waals surface area contributed by atoms with Crippen LogP contribution in [-0.2, 0) is 20.7 Å². The molecule has 3 aromatic rings. The molecule has 1 amide bonds. The Balaban J connectivity index is 1.74. The SMILES string of the molecule is COC(=O)CCC(=O)N1CCc2c([nH]c3ccccc23)C1c1ccc(SC)cc1. The molecule has 1 aromatic heterocycles. The number of para-hydroxylation sites is 1. The van der Waals surface area contributed by atoms with Crippen molar-refractivity contribution in [1.82, 2.24) is 9.88 Å². The monoisotopic (exact) mass is 408 g/mol. The van der Waals surface area contributed by atoms with Gasteiger partial charge in [0, 0.05) is 34.5 Å². The third-order valence-electron chi connectivity index (χ3n) is 5.56. The summed E-state index contributed by atoms with van der Waals surface area (Å²) in [5.41, 5.74) is 4.51. The van der Waals surface area contributed by atoms with Crippen molar-refractivity contribution in [3.63, 3.8) is 0 Å². The summed E-state index contributed by atoms with van der Waals surface area (Å²) in [6.07, 6.45) is 3.10. The molecule has 0 saturated heterocycles. The van der Waals surface area contributed by atoms with Crippen LogP contribution >= 0.6 is 11.8 Å². The predicted octanol–water partition coefficient (Wildman–Crippen LogP) is 4.32. The molecule has 150 valence electrons. The van der Waals surface area contributed by atoms with Crippen molar-refractivity contribution in [3.05, 3.63) is 65.4 Å². The third kappa shape index (κ3) is 3.77. The normalized spacial score (nSPS) is 15.9. The second kappa shape index (κ2) is 8.33. The van der Waals surface area contributed by atoms with Crippen molar-refractivity contribution in [2.45, 2.75) is 30.2 Å². The number of aromatic nitrogens is 1. The zero-order valence-electron chi connectivity index (χ0n) is 16.6. The zero-order valence-corrected chi connectivity index (χ0v) is 17.4. The maximum absolute atomic E-state index is 13.1. The van der Waals surface area contributed by atoms with Crippen LogP contribution in [0.3, 0.4) is 0 Å². The van der Waals surface area contributed by atoms with Crippen LogP contribution in [0.1, 0.15) is 35.7 Å². The van der Waals surface area contributed by atoms with E-state index in [4.69, 9.17) is 4.74 Å². The molecule has 1 unspecified atom stereocenters. The number of nitrogens with zero attached hydrogens (tertiary/aromatic N) is 1. The molecule has 2 heterocycles. The smallest absolute Gasteiger partial charge is 0.306 e. The van der Waals surface area contributed by atoms with Gasteiger partial charge in [-0.15, -0.1) is 11.8 Å². The van der Waals surface area contributed by atoms with Crippen LogP contribution in [0.15, 0.2) is 53.4 Å². The minimum absolute atomic E-state index is 0.0290. The lowest BCUT2D eigenvalue weighted by atomic mass is 9.92. The molecule has 0 saturated carbocycles. The highest BCUT2D eigenvalue weighted by atomic mass is 32.2. The minimum Gasteiger partial charge on any atom is -0.469 e. The second-order valence-corrected chi connectivity index (χ2v) is 8.03. The number of amides is 1. The zero-order chi connectivity index (χ0) is 20.4. The molecule has 1 aliphatic heterocycles. The predicted molar refractivity (Wildman–Crippen MR) is 115 cm³/mol. The lowest BCUT2D eigenvalue weighted by Crippen LogP contribution is -2.40. The fraction of sp³-hybridized carbons (Fsp3) is 0.304. The fourth-order valence-electron chi connectivity index (χ4n) is 4.10. The lowest BCUT2D eigenvalue weighted by Gasteiger charge is -2.36. The third-order valence-corrected chi connectivity index (χ3v) is 6.30. The van der Waals surface area contributed by atoms with Crippen molar-refractivity contribution in [1.29, 1.82) is 0 Å². The van der Waals surface area contributed by atoms with Gasteiger partial charge in [0.25, 0.3) is 0 Å². The van der Waals surface area contributed by atoms with Crippen LogP contribution < -0.4 is 0 Å². The lowest BCUT2D eigenvalue weighted by molar-refractivity contribution is -0.144. The number of thioether (sulfide) groups is 1. The first kappa shape index (κ1) is 19.6. The van der Waals surface area contributed by atoms with Crippen molar-refractivity contribution in [3.8, 4) is 0 Å². The summed E-state index contributed by atoms with van der Waals surface area (Å²) in [6, 6.07) is 16.5. The molecular weight excluding hydrogens is 384 g/mol. The average molecular weight is 409 g/mol. The summed E-state index contributed by atoms with van der Waals surface area (Å²) in [5, 5.41) is 1.22. The summed E-state index contributed by atoms with van der Waals surface area (Å²) in [4.78, 5) is 31.2. The second-order valence-electron chi connectivity index (χ2n) is 7.15. The standard InChI is InChI=1S/C23H24N2O3S/c1-28-21(27)12-11-20(26)25-14-13-18-17-5-3-4-6-19(17)24-22(18)23(25)15-7-9-16(29-2)10-8-15/h3-10,23-24H,11-14H2,1-2H3. The van der Waals surface area contributed by atoms with Crippen LogP contribution in [0.5, 0.6) is 0 Å². The first-order valence-electron chi connectivity index (χ1n) is 9.72.